The van der Waals surface area contributed by atoms with Crippen molar-refractivity contribution in [2.24, 2.45) is 5.92 Å². The van der Waals surface area contributed by atoms with Crippen LogP contribution in [0, 0.1) is 5.92 Å². The monoisotopic (exact) mass is 642 g/mol. The van der Waals surface area contributed by atoms with Crippen molar-refractivity contribution in [2.75, 3.05) is 39.4 Å². The molecule has 2 saturated heterocycles. The summed E-state index contributed by atoms with van der Waals surface area (Å²) in [4.78, 5) is 13.2. The number of rotatable bonds is 11. The Bertz CT molecular complexity index is 1450. The summed E-state index contributed by atoms with van der Waals surface area (Å²) in [7, 11) is 4.86. The number of thioether (sulfide) groups is 2. The fraction of sp³-hybridized carbons (Fsp3) is 0.324. The number of carbonyl (C=O) groups is 1. The Morgan fingerprint density at radius 1 is 0.756 bits per heavy atom. The van der Waals surface area contributed by atoms with Crippen molar-refractivity contribution in [3.8, 4) is 17.2 Å². The van der Waals surface area contributed by atoms with Crippen molar-refractivity contribution in [1.29, 1.82) is 0 Å². The van der Waals surface area contributed by atoms with Crippen LogP contribution in [-0.2, 0) is 23.9 Å². The molecule has 0 saturated carbocycles. The van der Waals surface area contributed by atoms with Gasteiger partial charge in [0.25, 0.3) is 0 Å². The number of esters is 1. The zero-order valence-corrected chi connectivity index (χ0v) is 27.4. The summed E-state index contributed by atoms with van der Waals surface area (Å²) in [6, 6.07) is 34.9. The van der Waals surface area contributed by atoms with E-state index in [0.29, 0.717) is 23.7 Å². The van der Waals surface area contributed by atoms with E-state index < -0.39 is 15.8 Å². The third-order valence-electron chi connectivity index (χ3n) is 8.60. The maximum atomic E-state index is 13.2. The van der Waals surface area contributed by atoms with Crippen LogP contribution in [0.25, 0.3) is 0 Å². The van der Waals surface area contributed by atoms with Crippen molar-refractivity contribution in [3.63, 3.8) is 0 Å². The molecule has 4 aromatic rings. The van der Waals surface area contributed by atoms with Gasteiger partial charge in [-0.05, 0) is 52.3 Å². The molecule has 0 aliphatic carbocycles. The van der Waals surface area contributed by atoms with Crippen LogP contribution in [0.4, 0.5) is 0 Å². The van der Waals surface area contributed by atoms with E-state index in [2.05, 4.69) is 36.4 Å². The molecule has 2 aliphatic heterocycles. The molecule has 0 spiro atoms. The van der Waals surface area contributed by atoms with Crippen LogP contribution in [-0.4, -0.2) is 51.5 Å². The number of benzene rings is 4. The first kappa shape index (κ1) is 31.4. The SMILES string of the molecule is COc1cc(C2([C@H]3CC(=O)O[C@@H]3COC(c3ccccc3)(c3ccccc3)c3ccccc3)SCCCS2)cc(OC)c1OC. The second-order valence-electron chi connectivity index (χ2n) is 11.1. The molecular formula is C37H38O6S2. The van der Waals surface area contributed by atoms with Gasteiger partial charge in [0, 0.05) is 5.92 Å². The van der Waals surface area contributed by atoms with Gasteiger partial charge in [0.15, 0.2) is 11.5 Å². The number of cyclic esters (lactones) is 1. The minimum Gasteiger partial charge on any atom is -0.493 e. The lowest BCUT2D eigenvalue weighted by Gasteiger charge is -2.43. The van der Waals surface area contributed by atoms with Gasteiger partial charge in [0.05, 0.1) is 38.4 Å². The summed E-state index contributed by atoms with van der Waals surface area (Å²) >= 11 is 3.73. The maximum absolute atomic E-state index is 13.2. The Labute approximate surface area is 273 Å². The summed E-state index contributed by atoms with van der Waals surface area (Å²) in [5, 5.41) is 0. The molecule has 234 valence electrons. The molecule has 6 rings (SSSR count). The standard InChI is InChI=1S/C37H38O6S2/c1-39-31-22-29(23-32(40-2)35(31)41-3)37(44-20-13-21-45-37)30-24-34(38)43-33(30)25-42-36(26-14-7-4-8-15-26,27-16-9-5-10-17-27)28-18-11-6-12-19-28/h4-12,14-19,22-23,30,33H,13,20-21,24-25H2,1-3H3/t30-,33+/m0/s1. The zero-order valence-electron chi connectivity index (χ0n) is 25.8. The fourth-order valence-electron chi connectivity index (χ4n) is 6.54. The van der Waals surface area contributed by atoms with E-state index in [-0.39, 0.29) is 18.5 Å². The van der Waals surface area contributed by atoms with Crippen LogP contribution >= 0.6 is 23.5 Å². The van der Waals surface area contributed by atoms with Crippen molar-refractivity contribution in [3.05, 3.63) is 125 Å². The molecule has 0 N–H and O–H groups in total. The van der Waals surface area contributed by atoms with E-state index in [0.717, 1.165) is 40.2 Å². The molecule has 45 heavy (non-hydrogen) atoms. The van der Waals surface area contributed by atoms with Crippen LogP contribution in [0.1, 0.15) is 35.1 Å². The third kappa shape index (κ3) is 5.91. The minimum absolute atomic E-state index is 0.164. The van der Waals surface area contributed by atoms with Gasteiger partial charge in [-0.25, -0.2) is 0 Å². The molecule has 2 aliphatic rings. The molecule has 6 nitrogen and oxygen atoms in total. The average molecular weight is 643 g/mol. The van der Waals surface area contributed by atoms with E-state index in [4.69, 9.17) is 23.7 Å². The van der Waals surface area contributed by atoms with Crippen molar-refractivity contribution in [2.45, 2.75) is 28.6 Å². The maximum Gasteiger partial charge on any atom is 0.306 e. The van der Waals surface area contributed by atoms with Crippen molar-refractivity contribution in [1.82, 2.24) is 0 Å². The second kappa shape index (κ2) is 13.8. The molecule has 4 aromatic carbocycles. The molecule has 0 radical (unpaired) electrons. The molecule has 0 amide bonds. The van der Waals surface area contributed by atoms with E-state index in [1.54, 1.807) is 21.3 Å². The van der Waals surface area contributed by atoms with Crippen LogP contribution in [0.3, 0.4) is 0 Å². The Balaban J connectivity index is 1.44. The number of methoxy groups -OCH3 is 3. The Kier molecular flexibility index (Phi) is 9.64. The highest BCUT2D eigenvalue weighted by molar-refractivity contribution is 8.18. The van der Waals surface area contributed by atoms with Crippen LogP contribution in [0.15, 0.2) is 103 Å². The molecule has 0 unspecified atom stereocenters. The summed E-state index contributed by atoms with van der Waals surface area (Å²) in [6.45, 7) is 0.211. The molecule has 8 heteroatoms. The van der Waals surface area contributed by atoms with E-state index in [9.17, 15) is 4.79 Å². The van der Waals surface area contributed by atoms with Crippen LogP contribution < -0.4 is 14.2 Å². The summed E-state index contributed by atoms with van der Waals surface area (Å²) in [5.41, 5.74) is 3.10. The average Bonchev–Trinajstić information content (AvgIpc) is 3.50. The fourth-order valence-corrected chi connectivity index (χ4v) is 10.2. The van der Waals surface area contributed by atoms with Gasteiger partial charge in [0.1, 0.15) is 11.7 Å². The Morgan fingerprint density at radius 3 is 1.69 bits per heavy atom. The molecular weight excluding hydrogens is 605 g/mol. The highest BCUT2D eigenvalue weighted by Gasteiger charge is 2.53. The predicted molar refractivity (Wildman–Crippen MR) is 180 cm³/mol. The smallest absolute Gasteiger partial charge is 0.306 e. The molecule has 2 atom stereocenters. The number of hydrogen-bond donors (Lipinski definition) is 0. The van der Waals surface area contributed by atoms with Gasteiger partial charge < -0.3 is 23.7 Å². The van der Waals surface area contributed by atoms with E-state index in [1.807, 2.05) is 90.3 Å². The minimum atomic E-state index is -0.921. The van der Waals surface area contributed by atoms with E-state index in [1.165, 1.54) is 0 Å². The second-order valence-corrected chi connectivity index (χ2v) is 14.0. The molecule has 0 bridgehead atoms. The number of hydrogen-bond acceptors (Lipinski definition) is 8. The molecule has 0 aromatic heterocycles. The normalized spacial score (nSPS) is 19.5. The lowest BCUT2D eigenvalue weighted by molar-refractivity contribution is -0.145. The predicted octanol–water partition coefficient (Wildman–Crippen LogP) is 7.68. The Hall–Kier alpha value is -3.59. The van der Waals surface area contributed by atoms with Gasteiger partial charge in [0.2, 0.25) is 5.75 Å². The number of ether oxygens (including phenoxy) is 5. The first-order valence-corrected chi connectivity index (χ1v) is 17.1. The van der Waals surface area contributed by atoms with Gasteiger partial charge in [-0.1, -0.05) is 91.0 Å². The molecule has 2 heterocycles. The third-order valence-corrected chi connectivity index (χ3v) is 12.2. The summed E-state index contributed by atoms with van der Waals surface area (Å²) < 4.78 is 30.0. The summed E-state index contributed by atoms with van der Waals surface area (Å²) in [6.07, 6.45) is 0.897. The highest BCUT2D eigenvalue weighted by atomic mass is 32.2. The van der Waals surface area contributed by atoms with Crippen molar-refractivity contribution >= 4 is 29.5 Å². The van der Waals surface area contributed by atoms with E-state index >= 15 is 0 Å². The van der Waals surface area contributed by atoms with Crippen LogP contribution in [0.2, 0.25) is 0 Å². The number of carbonyl (C=O) groups excluding carboxylic acids is 1. The largest absolute Gasteiger partial charge is 0.493 e. The van der Waals surface area contributed by atoms with Gasteiger partial charge in [-0.3, -0.25) is 4.79 Å². The lowest BCUT2D eigenvalue weighted by Crippen LogP contribution is -2.42. The highest BCUT2D eigenvalue weighted by Crippen LogP contribution is 2.60. The van der Waals surface area contributed by atoms with Gasteiger partial charge in [-0.15, -0.1) is 23.5 Å². The van der Waals surface area contributed by atoms with Gasteiger partial charge >= 0.3 is 5.97 Å². The van der Waals surface area contributed by atoms with Gasteiger partial charge in [-0.2, -0.15) is 0 Å². The summed E-state index contributed by atoms with van der Waals surface area (Å²) in [5.74, 6) is 3.27. The Morgan fingerprint density at radius 2 is 1.24 bits per heavy atom. The zero-order chi connectivity index (χ0) is 31.3. The topological polar surface area (TPSA) is 63.2 Å². The lowest BCUT2D eigenvalue weighted by atomic mass is 9.80. The quantitative estimate of drug-likeness (QED) is 0.122. The van der Waals surface area contributed by atoms with Crippen molar-refractivity contribution < 1.29 is 28.5 Å². The first-order chi connectivity index (χ1) is 22.1. The van der Waals surface area contributed by atoms with Crippen LogP contribution in [0.5, 0.6) is 17.2 Å². The molecule has 2 fully saturated rings. The first-order valence-electron chi connectivity index (χ1n) is 15.1.